The lowest BCUT2D eigenvalue weighted by atomic mass is 9.84. The van der Waals surface area contributed by atoms with Crippen molar-refractivity contribution in [1.29, 1.82) is 0 Å². The number of carboxylic acids is 2. The Morgan fingerprint density at radius 1 is 1.00 bits per heavy atom. The van der Waals surface area contributed by atoms with E-state index >= 15 is 0 Å². The second-order valence-corrected chi connectivity index (χ2v) is 13.6. The predicted octanol–water partition coefficient (Wildman–Crippen LogP) is 1.08. The monoisotopic (exact) mass is 675 g/mol. The molecule has 0 aromatic carbocycles. The molecule has 1 unspecified atom stereocenters. The molecule has 0 radical (unpaired) electrons. The summed E-state index contributed by atoms with van der Waals surface area (Å²) in [5, 5.41) is 23.5. The maximum Gasteiger partial charge on any atom is 0.326 e. The van der Waals surface area contributed by atoms with E-state index in [4.69, 9.17) is 5.11 Å². The number of aliphatic carboxylic acids is 2. The van der Waals surface area contributed by atoms with Crippen LogP contribution in [0, 0.1) is 11.3 Å². The molecular weight excluding hydrogens is 626 g/mol. The van der Waals surface area contributed by atoms with Gasteiger partial charge in [0.05, 0.1) is 6.04 Å². The second-order valence-electron chi connectivity index (χ2n) is 13.6. The first kappa shape index (κ1) is 39.6. The predicted molar refractivity (Wildman–Crippen MR) is 173 cm³/mol. The zero-order valence-electron chi connectivity index (χ0n) is 28.8. The van der Waals surface area contributed by atoms with Crippen molar-refractivity contribution in [1.82, 2.24) is 25.3 Å². The fraction of sp³-hybridized carbons (Fsp3) is 0.636. The highest BCUT2D eigenvalue weighted by Crippen LogP contribution is 2.26. The van der Waals surface area contributed by atoms with Gasteiger partial charge in [0.15, 0.2) is 0 Å². The number of piperidine rings is 1. The fourth-order valence-corrected chi connectivity index (χ4v) is 5.62. The van der Waals surface area contributed by atoms with Crippen molar-refractivity contribution in [2.75, 3.05) is 20.1 Å². The summed E-state index contributed by atoms with van der Waals surface area (Å²) in [7, 11) is 1.54. The van der Waals surface area contributed by atoms with E-state index in [1.54, 1.807) is 27.8 Å². The van der Waals surface area contributed by atoms with E-state index in [2.05, 4.69) is 10.6 Å². The third-order valence-corrected chi connectivity index (χ3v) is 8.48. The summed E-state index contributed by atoms with van der Waals surface area (Å²) in [6.07, 6.45) is 4.64. The minimum atomic E-state index is -1.41. The van der Waals surface area contributed by atoms with Crippen LogP contribution in [0.25, 0.3) is 0 Å². The summed E-state index contributed by atoms with van der Waals surface area (Å²) in [6, 6.07) is -3.95. The van der Waals surface area contributed by atoms with E-state index in [0.29, 0.717) is 25.8 Å². The zero-order valence-corrected chi connectivity index (χ0v) is 28.8. The summed E-state index contributed by atoms with van der Waals surface area (Å²) in [5.41, 5.74) is -0.652. The molecule has 6 amide bonds. The number of nitrogens with one attached hydrogen (secondary N) is 2. The van der Waals surface area contributed by atoms with Crippen LogP contribution in [-0.4, -0.2) is 117 Å². The van der Waals surface area contributed by atoms with E-state index in [-0.39, 0.29) is 36.8 Å². The van der Waals surface area contributed by atoms with Crippen molar-refractivity contribution in [2.45, 2.75) is 104 Å². The van der Waals surface area contributed by atoms with Gasteiger partial charge < -0.3 is 30.6 Å². The first-order chi connectivity index (χ1) is 22.3. The maximum atomic E-state index is 14.0. The quantitative estimate of drug-likeness (QED) is 0.143. The van der Waals surface area contributed by atoms with Crippen LogP contribution < -0.4 is 10.6 Å². The average Bonchev–Trinajstić information content (AvgIpc) is 3.33. The summed E-state index contributed by atoms with van der Waals surface area (Å²) in [4.78, 5) is 104. The summed E-state index contributed by atoms with van der Waals surface area (Å²) in [5.74, 6) is -5.84. The molecule has 0 bridgehead atoms. The Kier molecular flexibility index (Phi) is 14.0. The topological polar surface area (TPSA) is 211 Å². The molecule has 2 rings (SSSR count). The Bertz CT molecular complexity index is 1330. The van der Waals surface area contributed by atoms with Gasteiger partial charge in [0.25, 0.3) is 11.8 Å². The Morgan fingerprint density at radius 3 is 2.12 bits per heavy atom. The van der Waals surface area contributed by atoms with E-state index in [1.807, 2.05) is 13.8 Å². The SMILES string of the molecule is C/C(=C\[C@H](C(C)C)N(C)C(=O)C(NC(=O)[C@H]1CCCCN1C(=O)CCN1C(=O)C=CC1=O)C(C)(C)C)C(=O)N[C@H](CCC(=O)O)C(=O)O. The minimum Gasteiger partial charge on any atom is -0.481 e. The van der Waals surface area contributed by atoms with Gasteiger partial charge in [-0.25, -0.2) is 4.79 Å². The van der Waals surface area contributed by atoms with Crippen molar-refractivity contribution in [3.8, 4) is 0 Å². The third-order valence-electron chi connectivity index (χ3n) is 8.48. The zero-order chi connectivity index (χ0) is 36.5. The number of amides is 6. The van der Waals surface area contributed by atoms with E-state index in [1.165, 1.54) is 22.8 Å². The van der Waals surface area contributed by atoms with Crippen LogP contribution in [0.4, 0.5) is 0 Å². The Hall–Kier alpha value is -4.56. The highest BCUT2D eigenvalue weighted by molar-refractivity contribution is 6.13. The first-order valence-corrected chi connectivity index (χ1v) is 16.1. The molecule has 15 nitrogen and oxygen atoms in total. The lowest BCUT2D eigenvalue weighted by Crippen LogP contribution is -2.60. The van der Waals surface area contributed by atoms with E-state index < -0.39 is 77.5 Å². The lowest BCUT2D eigenvalue weighted by molar-refractivity contribution is -0.146. The average molecular weight is 676 g/mol. The number of rotatable bonds is 15. The molecule has 0 saturated carbocycles. The van der Waals surface area contributed by atoms with Crippen LogP contribution >= 0.6 is 0 Å². The van der Waals surface area contributed by atoms with Crippen LogP contribution in [0.5, 0.6) is 0 Å². The van der Waals surface area contributed by atoms with Gasteiger partial charge in [-0.2, -0.15) is 0 Å². The summed E-state index contributed by atoms with van der Waals surface area (Å²) in [6.45, 7) is 10.7. The van der Waals surface area contributed by atoms with Gasteiger partial charge in [0.2, 0.25) is 23.6 Å². The van der Waals surface area contributed by atoms with Crippen molar-refractivity contribution >= 4 is 47.4 Å². The Balaban J connectivity index is 2.22. The molecule has 1 saturated heterocycles. The van der Waals surface area contributed by atoms with Crippen LogP contribution in [0.3, 0.4) is 0 Å². The first-order valence-electron chi connectivity index (χ1n) is 16.1. The Labute approximate surface area is 280 Å². The molecule has 4 N–H and O–H groups in total. The number of hydrogen-bond acceptors (Lipinski definition) is 8. The van der Waals surface area contributed by atoms with Crippen LogP contribution in [0.15, 0.2) is 23.8 Å². The lowest BCUT2D eigenvalue weighted by Gasteiger charge is -2.40. The molecule has 0 aromatic rings. The molecule has 4 atom stereocenters. The maximum absolute atomic E-state index is 14.0. The number of carbonyl (C=O) groups excluding carboxylic acids is 6. The molecule has 0 aliphatic carbocycles. The van der Waals surface area contributed by atoms with Gasteiger partial charge in [-0.1, -0.05) is 40.7 Å². The normalized spacial score (nSPS) is 18.8. The number of hydrogen-bond donors (Lipinski definition) is 4. The molecule has 1 fully saturated rings. The van der Waals surface area contributed by atoms with Crippen LogP contribution in [0.2, 0.25) is 0 Å². The van der Waals surface area contributed by atoms with Gasteiger partial charge in [-0.15, -0.1) is 0 Å². The van der Waals surface area contributed by atoms with Gasteiger partial charge in [0, 0.05) is 50.7 Å². The van der Waals surface area contributed by atoms with Crippen molar-refractivity contribution in [3.05, 3.63) is 23.8 Å². The standard InChI is InChI=1S/C33H49N5O10/c1-19(2)23(18-20(3)29(44)34-21(32(47)48)11-14-27(42)43)36(7)31(46)28(33(4,5)6)35-30(45)22-10-8-9-16-37(22)26(41)15-17-38-24(39)12-13-25(38)40/h12-13,18-19,21-23,28H,8-11,14-17H2,1-7H3,(H,34,44)(H,35,45)(H,42,43)(H,47,48)/b20-18+/t21-,22-,23-,28?/m1/s1. The minimum absolute atomic E-state index is 0.108. The summed E-state index contributed by atoms with van der Waals surface area (Å²) >= 11 is 0. The number of nitrogens with zero attached hydrogens (tertiary/aromatic N) is 3. The number of imide groups is 1. The molecule has 15 heteroatoms. The molecule has 2 aliphatic rings. The number of carboxylic acid groups (broad SMARTS) is 2. The Morgan fingerprint density at radius 2 is 1.60 bits per heavy atom. The van der Waals surface area contributed by atoms with Gasteiger partial charge in [-0.3, -0.25) is 38.5 Å². The van der Waals surface area contributed by atoms with Crippen molar-refractivity contribution < 1.29 is 48.6 Å². The smallest absolute Gasteiger partial charge is 0.326 e. The van der Waals surface area contributed by atoms with Crippen LogP contribution in [-0.2, 0) is 38.4 Å². The van der Waals surface area contributed by atoms with Crippen molar-refractivity contribution in [3.63, 3.8) is 0 Å². The number of likely N-dealkylation sites (tertiary alicyclic amines) is 1. The van der Waals surface area contributed by atoms with Gasteiger partial charge in [-0.05, 0) is 43.9 Å². The highest BCUT2D eigenvalue weighted by Gasteiger charge is 2.40. The number of carbonyl (C=O) groups is 8. The van der Waals surface area contributed by atoms with Gasteiger partial charge in [0.1, 0.15) is 18.1 Å². The molecule has 2 aliphatic heterocycles. The van der Waals surface area contributed by atoms with Crippen LogP contribution in [0.1, 0.15) is 80.1 Å². The third kappa shape index (κ3) is 10.7. The second kappa shape index (κ2) is 17.0. The fourth-order valence-electron chi connectivity index (χ4n) is 5.62. The molecule has 48 heavy (non-hydrogen) atoms. The van der Waals surface area contributed by atoms with E-state index in [0.717, 1.165) is 17.1 Å². The van der Waals surface area contributed by atoms with Crippen molar-refractivity contribution in [2.24, 2.45) is 11.3 Å². The van der Waals surface area contributed by atoms with Gasteiger partial charge >= 0.3 is 11.9 Å². The molecule has 2 heterocycles. The highest BCUT2D eigenvalue weighted by atomic mass is 16.4. The molecular formula is C33H49N5O10. The molecule has 266 valence electrons. The summed E-state index contributed by atoms with van der Waals surface area (Å²) < 4.78 is 0. The largest absolute Gasteiger partial charge is 0.481 e. The van der Waals surface area contributed by atoms with E-state index in [9.17, 15) is 43.5 Å². The molecule has 0 aromatic heterocycles. The molecule has 0 spiro atoms. The number of likely N-dealkylation sites (N-methyl/N-ethyl adjacent to an activating group) is 1.